The van der Waals surface area contributed by atoms with Gasteiger partial charge in [0.25, 0.3) is 0 Å². The maximum Gasteiger partial charge on any atom is 0.227 e. The summed E-state index contributed by atoms with van der Waals surface area (Å²) >= 11 is 0. The third-order valence-corrected chi connectivity index (χ3v) is 4.67. The number of benzene rings is 2. The Morgan fingerprint density at radius 3 is 2.62 bits per heavy atom. The molecule has 1 heterocycles. The molecule has 4 heteroatoms. The minimum atomic E-state index is -0.291. The summed E-state index contributed by atoms with van der Waals surface area (Å²) in [6.07, 6.45) is 0.272. The first-order valence-electron chi connectivity index (χ1n) is 8.24. The minimum absolute atomic E-state index is 0.0172. The Morgan fingerprint density at radius 1 is 1.12 bits per heavy atom. The summed E-state index contributed by atoms with van der Waals surface area (Å²) in [5, 5.41) is 2.94. The van der Waals surface area contributed by atoms with Crippen LogP contribution in [-0.4, -0.2) is 18.4 Å². The van der Waals surface area contributed by atoms with E-state index in [0.717, 1.165) is 22.4 Å². The average Bonchev–Trinajstić information content (AvgIpc) is 2.98. The Bertz CT molecular complexity index is 755. The van der Waals surface area contributed by atoms with E-state index < -0.39 is 0 Å². The molecule has 1 fully saturated rings. The van der Waals surface area contributed by atoms with Crippen molar-refractivity contribution >= 4 is 17.5 Å². The van der Waals surface area contributed by atoms with Gasteiger partial charge in [-0.15, -0.1) is 0 Å². The van der Waals surface area contributed by atoms with E-state index in [-0.39, 0.29) is 24.2 Å². The van der Waals surface area contributed by atoms with Crippen LogP contribution in [0.3, 0.4) is 0 Å². The molecule has 3 rings (SSSR count). The largest absolute Gasteiger partial charge is 0.352 e. The lowest BCUT2D eigenvalue weighted by Crippen LogP contribution is -2.32. The van der Waals surface area contributed by atoms with Crippen LogP contribution in [0, 0.1) is 19.8 Å². The van der Waals surface area contributed by atoms with E-state index in [0.29, 0.717) is 13.1 Å². The molecule has 1 atom stereocenters. The third-order valence-electron chi connectivity index (χ3n) is 4.67. The van der Waals surface area contributed by atoms with E-state index in [1.807, 2.05) is 62.4 Å². The number of hydrogen-bond donors (Lipinski definition) is 1. The van der Waals surface area contributed by atoms with Crippen molar-refractivity contribution in [3.63, 3.8) is 0 Å². The molecule has 0 saturated carbocycles. The molecule has 1 saturated heterocycles. The van der Waals surface area contributed by atoms with Crippen LogP contribution in [0.25, 0.3) is 0 Å². The summed E-state index contributed by atoms with van der Waals surface area (Å²) < 4.78 is 0. The van der Waals surface area contributed by atoms with E-state index in [9.17, 15) is 9.59 Å². The first-order chi connectivity index (χ1) is 11.6. The zero-order valence-corrected chi connectivity index (χ0v) is 14.1. The molecule has 1 aliphatic rings. The van der Waals surface area contributed by atoms with Crippen molar-refractivity contribution in [2.24, 2.45) is 5.92 Å². The zero-order chi connectivity index (χ0) is 17.1. The fraction of sp³-hybridized carbons (Fsp3) is 0.300. The molecule has 0 bridgehead atoms. The van der Waals surface area contributed by atoms with E-state index in [2.05, 4.69) is 5.32 Å². The molecule has 24 heavy (non-hydrogen) atoms. The van der Waals surface area contributed by atoms with E-state index in [4.69, 9.17) is 0 Å². The number of nitrogens with zero attached hydrogens (tertiary/aromatic N) is 1. The highest BCUT2D eigenvalue weighted by Crippen LogP contribution is 2.29. The van der Waals surface area contributed by atoms with Crippen molar-refractivity contribution < 1.29 is 9.59 Å². The van der Waals surface area contributed by atoms with Crippen LogP contribution in [-0.2, 0) is 16.1 Å². The van der Waals surface area contributed by atoms with Crippen molar-refractivity contribution in [1.29, 1.82) is 0 Å². The van der Waals surface area contributed by atoms with Crippen molar-refractivity contribution in [2.75, 3.05) is 11.4 Å². The predicted molar refractivity (Wildman–Crippen MR) is 94.7 cm³/mol. The number of carbonyl (C=O) groups excluding carboxylic acids is 2. The molecule has 0 aromatic heterocycles. The van der Waals surface area contributed by atoms with Crippen LogP contribution in [0.2, 0.25) is 0 Å². The Morgan fingerprint density at radius 2 is 1.88 bits per heavy atom. The van der Waals surface area contributed by atoms with Crippen LogP contribution in [0.5, 0.6) is 0 Å². The molecule has 2 aromatic rings. The lowest BCUT2D eigenvalue weighted by atomic mass is 10.1. The molecular formula is C20H22N2O2. The number of rotatable bonds is 4. The number of anilines is 1. The molecule has 2 aromatic carbocycles. The average molecular weight is 322 g/mol. The van der Waals surface area contributed by atoms with Gasteiger partial charge in [-0.3, -0.25) is 9.59 Å². The van der Waals surface area contributed by atoms with Gasteiger partial charge in [-0.2, -0.15) is 0 Å². The second-order valence-corrected chi connectivity index (χ2v) is 6.33. The van der Waals surface area contributed by atoms with Gasteiger partial charge < -0.3 is 10.2 Å². The van der Waals surface area contributed by atoms with Gasteiger partial charge in [0.1, 0.15) is 0 Å². The monoisotopic (exact) mass is 322 g/mol. The van der Waals surface area contributed by atoms with E-state index >= 15 is 0 Å². The van der Waals surface area contributed by atoms with Crippen LogP contribution in [0.4, 0.5) is 5.69 Å². The third kappa shape index (κ3) is 3.32. The topological polar surface area (TPSA) is 49.4 Å². The van der Waals surface area contributed by atoms with E-state index in [1.165, 1.54) is 0 Å². The highest BCUT2D eigenvalue weighted by molar-refractivity contribution is 6.00. The van der Waals surface area contributed by atoms with Gasteiger partial charge in [-0.05, 0) is 36.6 Å². The Labute approximate surface area is 142 Å². The molecule has 4 nitrogen and oxygen atoms in total. The Balaban J connectivity index is 1.66. The van der Waals surface area contributed by atoms with Crippen molar-refractivity contribution in [2.45, 2.75) is 26.8 Å². The lowest BCUT2D eigenvalue weighted by molar-refractivity contribution is -0.126. The van der Waals surface area contributed by atoms with Gasteiger partial charge in [-0.25, -0.2) is 0 Å². The fourth-order valence-corrected chi connectivity index (χ4v) is 3.07. The van der Waals surface area contributed by atoms with Crippen molar-refractivity contribution in [3.8, 4) is 0 Å². The van der Waals surface area contributed by atoms with Crippen LogP contribution < -0.4 is 10.2 Å². The number of hydrogen-bond acceptors (Lipinski definition) is 2. The summed E-state index contributed by atoms with van der Waals surface area (Å²) in [5.41, 5.74) is 4.22. The van der Waals surface area contributed by atoms with Gasteiger partial charge in [0, 0.05) is 25.2 Å². The predicted octanol–water partition coefficient (Wildman–Crippen LogP) is 2.97. The maximum absolute atomic E-state index is 12.4. The van der Waals surface area contributed by atoms with E-state index in [1.54, 1.807) is 4.90 Å². The van der Waals surface area contributed by atoms with Gasteiger partial charge >= 0.3 is 0 Å². The molecule has 1 N–H and O–H groups in total. The normalized spacial score (nSPS) is 17.2. The summed E-state index contributed by atoms with van der Waals surface area (Å²) in [4.78, 5) is 26.5. The Hall–Kier alpha value is -2.62. The van der Waals surface area contributed by atoms with Crippen molar-refractivity contribution in [3.05, 3.63) is 65.2 Å². The molecule has 2 amide bonds. The smallest absolute Gasteiger partial charge is 0.227 e. The number of aryl methyl sites for hydroxylation is 1. The number of amides is 2. The Kier molecular flexibility index (Phi) is 4.65. The molecule has 0 spiro atoms. The van der Waals surface area contributed by atoms with Gasteiger partial charge in [0.15, 0.2) is 0 Å². The highest BCUT2D eigenvalue weighted by atomic mass is 16.2. The first kappa shape index (κ1) is 16.2. The highest BCUT2D eigenvalue weighted by Gasteiger charge is 2.35. The van der Waals surface area contributed by atoms with Crippen molar-refractivity contribution in [1.82, 2.24) is 5.32 Å². The van der Waals surface area contributed by atoms with Crippen LogP contribution in [0.1, 0.15) is 23.1 Å². The standard InChI is InChI=1S/C20H22N2O2/c1-14-7-6-10-18(15(14)2)22-13-17(11-19(22)23)20(24)21-12-16-8-4-3-5-9-16/h3-10,17H,11-13H2,1-2H3,(H,21,24)/t17-/m0/s1. The minimum Gasteiger partial charge on any atom is -0.352 e. The first-order valence-corrected chi connectivity index (χ1v) is 8.24. The molecule has 0 unspecified atom stereocenters. The van der Waals surface area contributed by atoms with Crippen LogP contribution in [0.15, 0.2) is 48.5 Å². The zero-order valence-electron chi connectivity index (χ0n) is 14.1. The number of carbonyl (C=O) groups is 2. The molecule has 1 aliphatic heterocycles. The quantitative estimate of drug-likeness (QED) is 0.941. The molecular weight excluding hydrogens is 300 g/mol. The summed E-state index contributed by atoms with van der Waals surface area (Å²) in [7, 11) is 0. The van der Waals surface area contributed by atoms with Gasteiger partial charge in [0.05, 0.1) is 5.92 Å². The van der Waals surface area contributed by atoms with Crippen LogP contribution >= 0.6 is 0 Å². The summed E-state index contributed by atoms with van der Waals surface area (Å²) in [6, 6.07) is 15.7. The second kappa shape index (κ2) is 6.87. The molecule has 0 aliphatic carbocycles. The lowest BCUT2D eigenvalue weighted by Gasteiger charge is -2.20. The van der Waals surface area contributed by atoms with Gasteiger partial charge in [0.2, 0.25) is 11.8 Å². The number of nitrogens with one attached hydrogen (secondary N) is 1. The summed E-state index contributed by atoms with van der Waals surface area (Å²) in [6.45, 7) is 4.99. The molecule has 124 valence electrons. The van der Waals surface area contributed by atoms with Gasteiger partial charge in [-0.1, -0.05) is 42.5 Å². The fourth-order valence-electron chi connectivity index (χ4n) is 3.07. The summed E-state index contributed by atoms with van der Waals surface area (Å²) in [5.74, 6) is -0.329. The second-order valence-electron chi connectivity index (χ2n) is 6.33. The maximum atomic E-state index is 12.4. The SMILES string of the molecule is Cc1cccc(N2C[C@@H](C(=O)NCc3ccccc3)CC2=O)c1C. The molecule has 0 radical (unpaired) electrons.